The second kappa shape index (κ2) is 5.60. The van der Waals surface area contributed by atoms with Gasteiger partial charge >= 0.3 is 5.97 Å². The maximum absolute atomic E-state index is 12.7. The molecule has 0 saturated carbocycles. The zero-order chi connectivity index (χ0) is 13.0. The van der Waals surface area contributed by atoms with Crippen LogP contribution in [0.25, 0.3) is 0 Å². The number of nitrogens with zero attached hydrogens (tertiary/aromatic N) is 1. The molecule has 3 nitrogen and oxygen atoms in total. The van der Waals surface area contributed by atoms with E-state index in [0.717, 1.165) is 19.2 Å². The van der Waals surface area contributed by atoms with Gasteiger partial charge < -0.3 is 4.74 Å². The molecule has 1 aromatic carbocycles. The van der Waals surface area contributed by atoms with Crippen molar-refractivity contribution < 1.29 is 18.3 Å². The molecule has 6 heteroatoms. The molecule has 0 heterocycles. The number of hydrogen-bond acceptors (Lipinski definition) is 3. The first-order valence-electron chi connectivity index (χ1n) is 4.55. The molecule has 0 amide bonds. The van der Waals surface area contributed by atoms with Crippen molar-refractivity contribution >= 4 is 17.6 Å². The molecule has 0 radical (unpaired) electrons. The first kappa shape index (κ1) is 13.4. The normalized spacial score (nSPS) is 10.1. The van der Waals surface area contributed by atoms with Gasteiger partial charge in [-0.3, -0.25) is 0 Å². The number of ether oxygens (including phenoxy) is 1. The van der Waals surface area contributed by atoms with Crippen molar-refractivity contribution in [3.8, 4) is 6.07 Å². The third-order valence-electron chi connectivity index (χ3n) is 2.23. The quantitative estimate of drug-likeness (QED) is 0.619. The summed E-state index contributed by atoms with van der Waals surface area (Å²) in [6, 6.07) is 3.99. The number of methoxy groups -OCH3 is 1. The van der Waals surface area contributed by atoms with Gasteiger partial charge in [-0.1, -0.05) is 6.07 Å². The van der Waals surface area contributed by atoms with Gasteiger partial charge in [0.25, 0.3) is 6.43 Å². The number of rotatable bonds is 3. The van der Waals surface area contributed by atoms with Crippen molar-refractivity contribution in [3.05, 3.63) is 34.4 Å². The van der Waals surface area contributed by atoms with E-state index >= 15 is 0 Å². The SMILES string of the molecule is COC(=O)c1c(C#N)ccc(C(F)F)c1CCl. The summed E-state index contributed by atoms with van der Waals surface area (Å²) in [6.07, 6.45) is -2.76. The van der Waals surface area contributed by atoms with E-state index in [0.29, 0.717) is 0 Å². The van der Waals surface area contributed by atoms with Gasteiger partial charge in [0.1, 0.15) is 6.07 Å². The Bertz CT molecular complexity index is 483. The van der Waals surface area contributed by atoms with E-state index in [2.05, 4.69) is 4.74 Å². The van der Waals surface area contributed by atoms with Crippen LogP contribution in [0.4, 0.5) is 8.78 Å². The standard InChI is InChI=1S/C11H8ClF2NO2/c1-17-11(16)9-6(5-15)2-3-7(10(13)14)8(9)4-12/h2-3,10H,4H2,1H3. The highest BCUT2D eigenvalue weighted by Gasteiger charge is 2.23. The molecule has 90 valence electrons. The summed E-state index contributed by atoms with van der Waals surface area (Å²) >= 11 is 5.56. The summed E-state index contributed by atoms with van der Waals surface area (Å²) in [7, 11) is 1.11. The van der Waals surface area contributed by atoms with Crippen LogP contribution in [0.1, 0.15) is 33.5 Å². The molecule has 1 aromatic rings. The lowest BCUT2D eigenvalue weighted by molar-refractivity contribution is 0.0599. The molecule has 0 aliphatic carbocycles. The van der Waals surface area contributed by atoms with Crippen molar-refractivity contribution in [2.24, 2.45) is 0 Å². The molecule has 0 atom stereocenters. The van der Waals surface area contributed by atoms with Crippen molar-refractivity contribution in [1.82, 2.24) is 0 Å². The molecular formula is C11H8ClF2NO2. The molecule has 0 fully saturated rings. The Morgan fingerprint density at radius 1 is 1.59 bits per heavy atom. The Labute approximate surface area is 102 Å². The molecule has 1 rings (SSSR count). The molecule has 0 spiro atoms. The Kier molecular flexibility index (Phi) is 4.41. The van der Waals surface area contributed by atoms with Gasteiger partial charge in [-0.2, -0.15) is 5.26 Å². The van der Waals surface area contributed by atoms with Gasteiger partial charge in [-0.25, -0.2) is 13.6 Å². The number of alkyl halides is 3. The fourth-order valence-electron chi connectivity index (χ4n) is 1.44. The Morgan fingerprint density at radius 2 is 2.24 bits per heavy atom. The van der Waals surface area contributed by atoms with Crippen LogP contribution in [0.2, 0.25) is 0 Å². The highest BCUT2D eigenvalue weighted by molar-refractivity contribution is 6.18. The second-order valence-electron chi connectivity index (χ2n) is 3.09. The molecule has 0 N–H and O–H groups in total. The fraction of sp³-hybridized carbons (Fsp3) is 0.273. The maximum Gasteiger partial charge on any atom is 0.339 e. The van der Waals surface area contributed by atoms with E-state index in [9.17, 15) is 13.6 Å². The first-order chi connectivity index (χ1) is 8.06. The van der Waals surface area contributed by atoms with E-state index in [-0.39, 0.29) is 28.1 Å². The number of carbonyl (C=O) groups is 1. The number of carbonyl (C=O) groups excluding carboxylic acids is 1. The van der Waals surface area contributed by atoms with Crippen LogP contribution < -0.4 is 0 Å². The first-order valence-corrected chi connectivity index (χ1v) is 5.08. The molecule has 0 aliphatic rings. The van der Waals surface area contributed by atoms with Gasteiger partial charge in [-0.15, -0.1) is 11.6 Å². The van der Waals surface area contributed by atoms with Crippen molar-refractivity contribution in [3.63, 3.8) is 0 Å². The van der Waals surface area contributed by atoms with Crippen LogP contribution in [0.3, 0.4) is 0 Å². The second-order valence-corrected chi connectivity index (χ2v) is 3.36. The van der Waals surface area contributed by atoms with Crippen LogP contribution in [0.5, 0.6) is 0 Å². The summed E-state index contributed by atoms with van der Waals surface area (Å²) in [5.74, 6) is -1.14. The molecule has 0 bridgehead atoms. The minimum atomic E-state index is -2.76. The highest BCUT2D eigenvalue weighted by atomic mass is 35.5. The van der Waals surface area contributed by atoms with E-state index < -0.39 is 12.4 Å². The predicted octanol–water partition coefficient (Wildman–Crippen LogP) is 3.02. The zero-order valence-electron chi connectivity index (χ0n) is 8.84. The predicted molar refractivity (Wildman–Crippen MR) is 57.0 cm³/mol. The highest BCUT2D eigenvalue weighted by Crippen LogP contribution is 2.29. The minimum absolute atomic E-state index is 0.0306. The third-order valence-corrected chi connectivity index (χ3v) is 2.50. The van der Waals surface area contributed by atoms with Gasteiger partial charge in [0.2, 0.25) is 0 Å². The lowest BCUT2D eigenvalue weighted by atomic mass is 9.97. The van der Waals surface area contributed by atoms with E-state index in [1.165, 1.54) is 0 Å². The molecular weight excluding hydrogens is 252 g/mol. The van der Waals surface area contributed by atoms with E-state index in [4.69, 9.17) is 16.9 Å². The van der Waals surface area contributed by atoms with Crippen molar-refractivity contribution in [1.29, 1.82) is 5.26 Å². The smallest absolute Gasteiger partial charge is 0.339 e. The number of hydrogen-bond donors (Lipinski definition) is 0. The van der Waals surface area contributed by atoms with Crippen LogP contribution in [0.15, 0.2) is 12.1 Å². The molecule has 0 aliphatic heterocycles. The zero-order valence-corrected chi connectivity index (χ0v) is 9.59. The summed E-state index contributed by atoms with van der Waals surface area (Å²) in [5.41, 5.74) is -0.647. The Morgan fingerprint density at radius 3 is 2.65 bits per heavy atom. The maximum atomic E-state index is 12.7. The van der Waals surface area contributed by atoms with Crippen LogP contribution >= 0.6 is 11.6 Å². The Hall–Kier alpha value is -1.67. The number of esters is 1. The van der Waals surface area contributed by atoms with Crippen LogP contribution in [0, 0.1) is 11.3 Å². The summed E-state index contributed by atoms with van der Waals surface area (Å²) < 4.78 is 29.9. The van der Waals surface area contributed by atoms with E-state index in [1.807, 2.05) is 0 Å². The summed E-state index contributed by atoms with van der Waals surface area (Å²) in [5, 5.41) is 8.82. The minimum Gasteiger partial charge on any atom is -0.465 e. The van der Waals surface area contributed by atoms with Gasteiger partial charge in [0.05, 0.1) is 18.2 Å². The van der Waals surface area contributed by atoms with Gasteiger partial charge in [0, 0.05) is 11.4 Å². The molecule has 0 aromatic heterocycles. The summed E-state index contributed by atoms with van der Waals surface area (Å²) in [4.78, 5) is 11.5. The van der Waals surface area contributed by atoms with Crippen LogP contribution in [-0.2, 0) is 10.6 Å². The average molecular weight is 260 g/mol. The fourth-order valence-corrected chi connectivity index (χ4v) is 1.73. The lowest BCUT2D eigenvalue weighted by Crippen LogP contribution is -2.10. The monoisotopic (exact) mass is 259 g/mol. The number of nitriles is 1. The lowest BCUT2D eigenvalue weighted by Gasteiger charge is -2.12. The van der Waals surface area contributed by atoms with Crippen molar-refractivity contribution in [2.75, 3.05) is 7.11 Å². The molecule has 0 unspecified atom stereocenters. The third kappa shape index (κ3) is 2.53. The molecule has 17 heavy (non-hydrogen) atoms. The number of halogens is 3. The van der Waals surface area contributed by atoms with Gasteiger partial charge in [0.15, 0.2) is 0 Å². The summed E-state index contributed by atoms with van der Waals surface area (Å²) in [6.45, 7) is 0. The van der Waals surface area contributed by atoms with E-state index in [1.54, 1.807) is 6.07 Å². The topological polar surface area (TPSA) is 50.1 Å². The Balaban J connectivity index is 3.56. The van der Waals surface area contributed by atoms with Crippen molar-refractivity contribution in [2.45, 2.75) is 12.3 Å². The molecule has 0 saturated heterocycles. The average Bonchev–Trinajstić information content (AvgIpc) is 2.35. The number of benzene rings is 1. The van der Waals surface area contributed by atoms with Crippen LogP contribution in [-0.4, -0.2) is 13.1 Å². The largest absolute Gasteiger partial charge is 0.465 e. The van der Waals surface area contributed by atoms with Gasteiger partial charge in [-0.05, 0) is 11.6 Å².